The highest BCUT2D eigenvalue weighted by atomic mass is 16.6. The van der Waals surface area contributed by atoms with Gasteiger partial charge >= 0.3 is 17.9 Å². The summed E-state index contributed by atoms with van der Waals surface area (Å²) < 4.78 is 60.4. The Hall–Kier alpha value is -13.2. The number of methoxy groups -OCH3 is 2. The molecule has 1 heterocycles. The molecule has 1 N–H and O–H groups in total. The number of hydrogen-bond acceptors (Lipinski definition) is 21. The van der Waals surface area contributed by atoms with Crippen LogP contribution < -0.4 is 28.4 Å². The number of carboxylic acid groups (broad SMARTS) is 1. The van der Waals surface area contributed by atoms with E-state index < -0.39 is 11.9 Å². The van der Waals surface area contributed by atoms with Gasteiger partial charge in [0.05, 0.1) is 45.7 Å². The fourth-order valence-corrected chi connectivity index (χ4v) is 10.3. The third-order valence-corrected chi connectivity index (χ3v) is 16.1. The molecule has 22 nitrogen and oxygen atoms in total. The van der Waals surface area contributed by atoms with E-state index in [-0.39, 0.29) is 50.8 Å². The van der Waals surface area contributed by atoms with Crippen LogP contribution in [0.15, 0.2) is 290 Å². The first-order chi connectivity index (χ1) is 54.7. The predicted octanol–water partition coefficient (Wildman–Crippen LogP) is 17.1. The first-order valence-electron chi connectivity index (χ1n) is 35.8. The van der Waals surface area contributed by atoms with Gasteiger partial charge in [-0.3, -0.25) is 19.2 Å². The fourth-order valence-electron chi connectivity index (χ4n) is 10.3. The van der Waals surface area contributed by atoms with Gasteiger partial charge < -0.3 is 71.7 Å². The van der Waals surface area contributed by atoms with E-state index in [9.17, 15) is 19.2 Å². The molecule has 0 radical (unpaired) electrons. The van der Waals surface area contributed by atoms with Crippen LogP contribution in [0.4, 0.5) is 0 Å². The molecule has 1 aliphatic heterocycles. The summed E-state index contributed by atoms with van der Waals surface area (Å²) in [6.45, 7) is 12.9. The molecule has 0 spiro atoms. The van der Waals surface area contributed by atoms with Crippen molar-refractivity contribution in [3.8, 4) is 34.5 Å². The maximum Gasteiger partial charge on any atom is 0.313 e. The first kappa shape index (κ1) is 86.0. The topological polar surface area (TPSA) is 255 Å². The number of ether oxygens (including phenoxy) is 11. The molecular weight excluding hydrogens is 1430 g/mol. The van der Waals surface area contributed by atoms with E-state index in [4.69, 9.17) is 67.0 Å². The molecule has 10 rings (SSSR count). The minimum Gasteiger partial charge on any atom is -0.497 e. The van der Waals surface area contributed by atoms with Gasteiger partial charge in [0.15, 0.2) is 5.78 Å². The average molecular weight is 1520 g/mol. The summed E-state index contributed by atoms with van der Waals surface area (Å²) in [5.74, 6) is 1.99. The Morgan fingerprint density at radius 1 is 0.402 bits per heavy atom. The van der Waals surface area contributed by atoms with Crippen molar-refractivity contribution in [2.75, 3.05) is 75.2 Å². The first-order valence-corrected chi connectivity index (χ1v) is 35.8. The van der Waals surface area contributed by atoms with Crippen LogP contribution in [0.5, 0.6) is 34.5 Å². The van der Waals surface area contributed by atoms with Crippen molar-refractivity contribution in [1.82, 2.24) is 0 Å². The number of oxime groups is 3. The molecule has 1 fully saturated rings. The van der Waals surface area contributed by atoms with Crippen LogP contribution in [0.3, 0.4) is 0 Å². The summed E-state index contributed by atoms with van der Waals surface area (Å²) in [6.07, 6.45) is 9.01. The van der Waals surface area contributed by atoms with Crippen LogP contribution in [0.1, 0.15) is 93.9 Å². The van der Waals surface area contributed by atoms with Crippen LogP contribution in [0.2, 0.25) is 0 Å². The maximum atomic E-state index is 12.0. The molecule has 1 atom stereocenters. The lowest BCUT2D eigenvalue weighted by atomic mass is 10.0. The van der Waals surface area contributed by atoms with Crippen LogP contribution in [-0.4, -0.2) is 127 Å². The van der Waals surface area contributed by atoms with Crippen LogP contribution in [-0.2, 0) is 72.4 Å². The van der Waals surface area contributed by atoms with Crippen LogP contribution >= 0.6 is 0 Å². The Morgan fingerprint density at radius 2 is 0.714 bits per heavy atom. The number of esters is 2. The Balaban J connectivity index is 0.000000224. The average Bonchev–Trinajstić information content (AvgIpc) is 0.877. The van der Waals surface area contributed by atoms with Crippen molar-refractivity contribution in [2.24, 2.45) is 15.5 Å². The molecule has 1 saturated heterocycles. The Morgan fingerprint density at radius 3 is 1.00 bits per heavy atom. The van der Waals surface area contributed by atoms with Gasteiger partial charge in [0, 0.05) is 40.0 Å². The molecule has 0 amide bonds. The van der Waals surface area contributed by atoms with Gasteiger partial charge in [-0.1, -0.05) is 192 Å². The minimum absolute atomic E-state index is 0.104. The number of aliphatic carboxylic acids is 1. The number of carbonyl (C=O) groups is 4. The number of carbonyl (C=O) groups excluding carboxylic acids is 3. The summed E-state index contributed by atoms with van der Waals surface area (Å²) >= 11 is 0. The van der Waals surface area contributed by atoms with Crippen molar-refractivity contribution in [1.29, 1.82) is 0 Å². The zero-order valence-corrected chi connectivity index (χ0v) is 63.9. The monoisotopic (exact) mass is 1520 g/mol. The number of benzene rings is 9. The molecule has 584 valence electrons. The molecule has 1 aliphatic rings. The summed E-state index contributed by atoms with van der Waals surface area (Å²) in [4.78, 5) is 61.0. The molecule has 9 aromatic carbocycles. The minimum atomic E-state index is -0.932. The summed E-state index contributed by atoms with van der Waals surface area (Å²) in [5.41, 5.74) is 11.1. The van der Waals surface area contributed by atoms with Gasteiger partial charge in [-0.15, -0.1) is 0 Å². The largest absolute Gasteiger partial charge is 0.497 e. The van der Waals surface area contributed by atoms with Crippen LogP contribution in [0.25, 0.3) is 11.1 Å². The Bertz CT molecular complexity index is 4450. The number of ketones is 1. The number of Topliss-reactive ketones (excluding diaryl/α,β-unsaturated/α-hetero) is 1. The maximum absolute atomic E-state index is 12.0. The van der Waals surface area contributed by atoms with Crippen molar-refractivity contribution < 1.29 is 90.9 Å². The highest BCUT2D eigenvalue weighted by Crippen LogP contribution is 2.27. The van der Waals surface area contributed by atoms with Crippen molar-refractivity contribution in [3.63, 3.8) is 0 Å². The zero-order chi connectivity index (χ0) is 79.8. The molecular formula is C90H95N3O19. The van der Waals surface area contributed by atoms with Gasteiger partial charge in [-0.05, 0) is 133 Å². The van der Waals surface area contributed by atoms with E-state index in [1.807, 2.05) is 200 Å². The van der Waals surface area contributed by atoms with Gasteiger partial charge in [-0.25, -0.2) is 0 Å². The molecule has 112 heavy (non-hydrogen) atoms. The second-order valence-electron chi connectivity index (χ2n) is 24.4. The number of carboxylic acids is 1. The van der Waals surface area contributed by atoms with Gasteiger partial charge in [0.2, 0.25) is 0 Å². The van der Waals surface area contributed by atoms with E-state index >= 15 is 0 Å². The highest BCUT2D eigenvalue weighted by Gasteiger charge is 2.16. The van der Waals surface area contributed by atoms with E-state index in [2.05, 4.69) is 40.3 Å². The fraction of sp³-hybridized carbons (Fsp3) is 0.233. The molecule has 22 heteroatoms. The number of hydrogen-bond donors (Lipinski definition) is 1. The third-order valence-electron chi connectivity index (χ3n) is 16.1. The van der Waals surface area contributed by atoms with E-state index in [0.717, 1.165) is 56.9 Å². The van der Waals surface area contributed by atoms with E-state index in [1.165, 1.54) is 54.7 Å². The summed E-state index contributed by atoms with van der Waals surface area (Å²) in [6, 6.07) is 73.4. The smallest absolute Gasteiger partial charge is 0.313 e. The lowest BCUT2D eigenvalue weighted by molar-refractivity contribution is -0.140. The second-order valence-corrected chi connectivity index (χ2v) is 24.4. The highest BCUT2D eigenvalue weighted by molar-refractivity contribution is 6.06. The van der Waals surface area contributed by atoms with Crippen molar-refractivity contribution in [3.05, 3.63) is 324 Å². The quantitative estimate of drug-likeness (QED) is 0.00549. The molecule has 0 aromatic heterocycles. The zero-order valence-electron chi connectivity index (χ0n) is 63.9. The molecule has 0 bridgehead atoms. The molecule has 9 aromatic rings. The Labute approximate surface area is 654 Å². The number of nitrogens with zero attached hydrogens (tertiary/aromatic N) is 3. The summed E-state index contributed by atoms with van der Waals surface area (Å²) in [5, 5.41) is 21.4. The molecule has 0 saturated carbocycles. The van der Waals surface area contributed by atoms with Gasteiger partial charge in [0.1, 0.15) is 132 Å². The van der Waals surface area contributed by atoms with E-state index in [0.29, 0.717) is 102 Å². The third kappa shape index (κ3) is 31.9. The van der Waals surface area contributed by atoms with E-state index in [1.54, 1.807) is 54.8 Å². The standard InChI is InChI=1S/C30H31NO6.C29H29NO6.C26H25NO6.C5H10O/c1-4-18-35-21-26(19-30(32)33-2)24-12-16-28(17-13-24)36-20-23-10-14-27(15-11-23)37-22-29(31-34-3)25-8-6-5-7-9-25;1-3-17-34-20-25(18-29(31)32)23-11-15-27(16-12-23)35-19-22-9-13-26(14-10-22)36-21-28(30-33-2)24-7-5-4-6-8-24;1-30-26(29)16-25(28)21-10-14-23(15-11-21)32-17-19-8-12-22(13-9-19)33-18-24(27-31-2)20-6-4-3-5-7-20;1-5-3-2-4-6-5/h4-17,21H,1,18-20,22H2,2-3H3;3-16,20H,1,17-19,21H2,2H3,(H,31,32);3-15H,16-18H2,1-2H3;5H,2-4H2,1H3/b26-21-,31-29+;25-20-,30-28+;27-24+;. The lowest BCUT2D eigenvalue weighted by Crippen LogP contribution is -2.13. The lowest BCUT2D eigenvalue weighted by Gasteiger charge is -2.11. The normalized spacial score (nSPS) is 12.5. The van der Waals surface area contributed by atoms with Crippen molar-refractivity contribution >= 4 is 52.0 Å². The molecule has 0 aliphatic carbocycles. The SMILES string of the molecule is C=CCO/C=C(/CC(=O)O)c1ccc(OCc2ccc(OC/C(=N\OC)c3ccccc3)cc2)cc1.C=CCO/C=C(/CC(=O)OC)c1ccc(OCc2ccc(OC/C(=N\OC)c3ccccc3)cc2)cc1.CC1CCCO1.CO/N=C(\COc1ccc(COc2ccc(C(=O)CC(=O)OC)cc2)cc1)c1ccccc1. The Kier molecular flexibility index (Phi) is 38.2. The second kappa shape index (κ2) is 49.7. The number of rotatable bonds is 39. The summed E-state index contributed by atoms with van der Waals surface area (Å²) in [7, 11) is 7.14. The molecule has 1 unspecified atom stereocenters. The van der Waals surface area contributed by atoms with Crippen LogP contribution in [0, 0.1) is 0 Å². The van der Waals surface area contributed by atoms with Gasteiger partial charge in [-0.2, -0.15) is 0 Å². The van der Waals surface area contributed by atoms with Gasteiger partial charge in [0.25, 0.3) is 0 Å². The predicted molar refractivity (Wildman–Crippen MR) is 431 cm³/mol. The van der Waals surface area contributed by atoms with Crippen molar-refractivity contribution in [2.45, 2.75) is 65.0 Å².